The third kappa shape index (κ3) is 34.1. The number of amides is 1. The Bertz CT molecular complexity index is 654. The van der Waals surface area contributed by atoms with Gasteiger partial charge < -0.3 is 5.32 Å². The highest BCUT2D eigenvalue weighted by molar-refractivity contribution is 8.47. The van der Waals surface area contributed by atoms with Crippen LogP contribution in [0, 0.1) is 0 Å². The van der Waals surface area contributed by atoms with Crippen molar-refractivity contribution in [3.8, 4) is 0 Å². The fourth-order valence-electron chi connectivity index (χ4n) is 6.18. The average molecular weight is 700 g/mol. The molecule has 2 nitrogen and oxygen atoms in total. The zero-order valence-electron chi connectivity index (χ0n) is 31.7. The summed E-state index contributed by atoms with van der Waals surface area (Å²) in [6, 6.07) is 0. The van der Waals surface area contributed by atoms with Gasteiger partial charge in [0.2, 0.25) is 5.91 Å². The van der Waals surface area contributed by atoms with Gasteiger partial charge in [0, 0.05) is 6.54 Å². The minimum absolute atomic E-state index is 0.129. The lowest BCUT2D eigenvalue weighted by Gasteiger charge is -2.23. The van der Waals surface area contributed by atoms with Crippen LogP contribution in [0.4, 0.5) is 0 Å². The Morgan fingerprint density at radius 1 is 0.478 bits per heavy atom. The highest BCUT2D eigenvalue weighted by Gasteiger charge is 2.29. The Morgan fingerprint density at radius 3 is 1.09 bits per heavy atom. The number of hydrogen-bond donors (Lipinski definition) is 1. The summed E-state index contributed by atoms with van der Waals surface area (Å²) in [5.74, 6) is 1.21. The molecule has 46 heavy (non-hydrogen) atoms. The van der Waals surface area contributed by atoms with E-state index in [1.165, 1.54) is 199 Å². The van der Waals surface area contributed by atoms with Crippen LogP contribution in [-0.2, 0) is 4.79 Å². The van der Waals surface area contributed by atoms with Crippen LogP contribution >= 0.6 is 35.7 Å². The zero-order valence-corrected chi connectivity index (χ0v) is 34.1. The van der Waals surface area contributed by atoms with Gasteiger partial charge in [0.15, 0.2) is 0 Å². The lowest BCUT2D eigenvalue weighted by molar-refractivity contribution is -0.122. The molecule has 1 amide bonds. The molecular formula is C41H81NOS3. The van der Waals surface area contributed by atoms with E-state index in [2.05, 4.69) is 19.2 Å². The van der Waals surface area contributed by atoms with E-state index in [1.807, 2.05) is 13.8 Å². The highest BCUT2D eigenvalue weighted by Crippen LogP contribution is 2.31. The monoisotopic (exact) mass is 700 g/mol. The smallest absolute Gasteiger partial charge is 0.236 e. The molecule has 0 saturated carbocycles. The van der Waals surface area contributed by atoms with E-state index in [9.17, 15) is 4.79 Å². The fourth-order valence-corrected chi connectivity index (χ4v) is 9.26. The first kappa shape index (κ1) is 46.3. The maximum atomic E-state index is 12.8. The molecule has 0 rings (SSSR count). The molecule has 0 heterocycles. The van der Waals surface area contributed by atoms with Crippen molar-refractivity contribution in [2.75, 3.05) is 12.3 Å². The summed E-state index contributed by atoms with van der Waals surface area (Å²) in [4.78, 5) is 12.8. The molecule has 0 aliphatic heterocycles. The van der Waals surface area contributed by atoms with Crippen molar-refractivity contribution in [3.63, 3.8) is 0 Å². The molecule has 0 radical (unpaired) electrons. The number of unbranched alkanes of at least 4 members (excludes halogenated alkanes) is 30. The Balaban J connectivity index is 3.50. The number of nitrogens with one attached hydrogen (secondary N) is 1. The summed E-state index contributed by atoms with van der Waals surface area (Å²) < 4.78 is 0.428. The second kappa shape index (κ2) is 36.5. The lowest BCUT2D eigenvalue weighted by Crippen LogP contribution is -2.40. The van der Waals surface area contributed by atoms with Crippen molar-refractivity contribution in [2.45, 2.75) is 238 Å². The quantitative estimate of drug-likeness (QED) is 0.0521. The van der Waals surface area contributed by atoms with Crippen LogP contribution in [0.5, 0.6) is 0 Å². The first-order chi connectivity index (χ1) is 22.4. The van der Waals surface area contributed by atoms with Crippen LogP contribution in [-0.4, -0.2) is 26.5 Å². The summed E-state index contributed by atoms with van der Waals surface area (Å²) in [6.45, 7) is 9.41. The van der Waals surface area contributed by atoms with Crippen molar-refractivity contribution in [2.24, 2.45) is 0 Å². The molecule has 0 spiro atoms. The third-order valence-electron chi connectivity index (χ3n) is 9.42. The van der Waals surface area contributed by atoms with Gasteiger partial charge in [-0.1, -0.05) is 230 Å². The van der Waals surface area contributed by atoms with Gasteiger partial charge in [-0.3, -0.25) is 4.79 Å². The van der Waals surface area contributed by atoms with Crippen molar-refractivity contribution in [3.05, 3.63) is 0 Å². The summed E-state index contributed by atoms with van der Waals surface area (Å²) in [7, 11) is 0. The van der Waals surface area contributed by atoms with Crippen LogP contribution in [0.2, 0.25) is 0 Å². The second-order valence-electron chi connectivity index (χ2n) is 14.6. The molecule has 0 saturated heterocycles. The fraction of sp³-hybridized carbons (Fsp3) is 0.951. The van der Waals surface area contributed by atoms with Crippen molar-refractivity contribution in [1.29, 1.82) is 0 Å². The summed E-state index contributed by atoms with van der Waals surface area (Å²) >= 11 is 8.98. The Labute approximate surface area is 304 Å². The normalized spacial score (nSPS) is 11.7. The number of carbonyl (C=O) groups is 1. The maximum absolute atomic E-state index is 12.8. The van der Waals surface area contributed by atoms with Crippen LogP contribution in [0.1, 0.15) is 233 Å². The minimum atomic E-state index is -0.492. The van der Waals surface area contributed by atoms with Crippen molar-refractivity contribution >= 4 is 45.2 Å². The molecule has 0 aliphatic rings. The molecule has 0 fully saturated rings. The molecule has 0 aromatic carbocycles. The van der Waals surface area contributed by atoms with E-state index in [4.69, 9.17) is 12.2 Å². The van der Waals surface area contributed by atoms with E-state index in [1.54, 1.807) is 23.5 Å². The molecule has 274 valence electrons. The van der Waals surface area contributed by atoms with Crippen LogP contribution in [0.3, 0.4) is 0 Å². The minimum Gasteiger partial charge on any atom is -0.355 e. The highest BCUT2D eigenvalue weighted by atomic mass is 32.2. The summed E-state index contributed by atoms with van der Waals surface area (Å²) in [5, 5.41) is 3.17. The Kier molecular flexibility index (Phi) is 36.7. The largest absolute Gasteiger partial charge is 0.355 e. The van der Waals surface area contributed by atoms with Gasteiger partial charge in [-0.2, -0.15) is 0 Å². The average Bonchev–Trinajstić information content (AvgIpc) is 3.03. The predicted octanol–water partition coefficient (Wildman–Crippen LogP) is 15.2. The first-order valence-electron chi connectivity index (χ1n) is 20.6. The van der Waals surface area contributed by atoms with Gasteiger partial charge in [-0.05, 0) is 32.4 Å². The topological polar surface area (TPSA) is 29.1 Å². The van der Waals surface area contributed by atoms with E-state index < -0.39 is 4.75 Å². The zero-order chi connectivity index (χ0) is 33.8. The molecule has 0 aromatic rings. The third-order valence-corrected chi connectivity index (χ3v) is 12.2. The van der Waals surface area contributed by atoms with Gasteiger partial charge >= 0.3 is 0 Å². The standard InChI is InChI=1S/C41H81NOS3/c1-5-7-9-11-13-15-17-19-21-23-25-27-29-31-33-35-37-42-39(43)41(3,4)46-40(44)45-38-36-34-32-30-28-26-24-22-20-18-16-14-12-10-8-6-2/h5-38H2,1-4H3,(H,42,43). The van der Waals surface area contributed by atoms with E-state index in [0.29, 0.717) is 0 Å². The molecule has 0 atom stereocenters. The van der Waals surface area contributed by atoms with Gasteiger partial charge in [0.25, 0.3) is 0 Å². The number of hydrogen-bond acceptors (Lipinski definition) is 4. The van der Waals surface area contributed by atoms with E-state index in [-0.39, 0.29) is 5.91 Å². The van der Waals surface area contributed by atoms with Crippen molar-refractivity contribution < 1.29 is 4.79 Å². The van der Waals surface area contributed by atoms with Gasteiger partial charge in [-0.25, -0.2) is 0 Å². The molecule has 1 N–H and O–H groups in total. The van der Waals surface area contributed by atoms with Crippen LogP contribution in [0.25, 0.3) is 0 Å². The number of thioether (sulfide) groups is 2. The molecular weight excluding hydrogens is 619 g/mol. The van der Waals surface area contributed by atoms with Crippen LogP contribution < -0.4 is 5.32 Å². The first-order valence-corrected chi connectivity index (χ1v) is 22.8. The summed E-state index contributed by atoms with van der Waals surface area (Å²) in [6.07, 6.45) is 44.4. The number of thiocarbonyl (C=S) groups is 1. The van der Waals surface area contributed by atoms with Gasteiger partial charge in [-0.15, -0.1) is 11.8 Å². The lowest BCUT2D eigenvalue weighted by atomic mass is 10.0. The van der Waals surface area contributed by atoms with E-state index >= 15 is 0 Å². The molecule has 0 aromatic heterocycles. The van der Waals surface area contributed by atoms with Gasteiger partial charge in [0.05, 0.1) is 4.75 Å². The number of rotatable bonds is 36. The second-order valence-corrected chi connectivity index (χ2v) is 18.5. The molecule has 0 bridgehead atoms. The Morgan fingerprint density at radius 2 is 0.761 bits per heavy atom. The molecule has 0 unspecified atom stereocenters. The van der Waals surface area contributed by atoms with Crippen LogP contribution in [0.15, 0.2) is 0 Å². The molecule has 5 heteroatoms. The van der Waals surface area contributed by atoms with Crippen molar-refractivity contribution in [1.82, 2.24) is 5.32 Å². The maximum Gasteiger partial charge on any atom is 0.236 e. The van der Waals surface area contributed by atoms with E-state index in [0.717, 1.165) is 22.2 Å². The predicted molar refractivity (Wildman–Crippen MR) is 219 cm³/mol. The molecule has 0 aliphatic carbocycles. The summed E-state index contributed by atoms with van der Waals surface area (Å²) in [5.41, 5.74) is 0. The number of carbonyl (C=O) groups excluding carboxylic acids is 1. The van der Waals surface area contributed by atoms with Gasteiger partial charge in [0.1, 0.15) is 3.53 Å². The SMILES string of the molecule is CCCCCCCCCCCCCCCCCCNC(=O)C(C)(C)SC(=S)SCCCCCCCCCCCCCCCCCC. The Hall–Kier alpha value is 0.260.